The van der Waals surface area contributed by atoms with Gasteiger partial charge in [-0.15, -0.1) is 0 Å². The maximum Gasteiger partial charge on any atom is 0.274 e. The molecule has 0 radical (unpaired) electrons. The first-order chi connectivity index (χ1) is 18.8. The number of fused-ring (bicyclic) bond motifs is 1. The maximum absolute atomic E-state index is 13.6. The Kier molecular flexibility index (Phi) is 6.75. The van der Waals surface area contributed by atoms with Gasteiger partial charge in [-0.1, -0.05) is 12.1 Å². The van der Waals surface area contributed by atoms with Crippen LogP contribution < -0.4 is 16.4 Å². The first kappa shape index (κ1) is 25.2. The van der Waals surface area contributed by atoms with Crippen molar-refractivity contribution in [1.82, 2.24) is 35.5 Å². The van der Waals surface area contributed by atoms with Crippen LogP contribution in [0.3, 0.4) is 0 Å². The molecule has 11 nitrogen and oxygen atoms in total. The van der Waals surface area contributed by atoms with Crippen molar-refractivity contribution in [3.8, 4) is 17.3 Å². The van der Waals surface area contributed by atoms with Gasteiger partial charge in [0.2, 0.25) is 0 Å². The standard InChI is InChI=1S/C26H20F2N10O/c1-13(15-3-4-19(27)20(28)7-15)35-26(39)22-25(34-12-17(8-29)36-22)32-10-14-2-5-21(31-9-14)16-6-18-23(30)37-38-24(18)33-11-16/h2-7,9,11-13H,10H2,1H3,(H,32,34)(H,35,39)(H3,30,33,37,38). The maximum atomic E-state index is 13.6. The summed E-state index contributed by atoms with van der Waals surface area (Å²) in [5.41, 5.74) is 8.81. The Morgan fingerprint density at radius 3 is 2.69 bits per heavy atom. The number of rotatable bonds is 7. The highest BCUT2D eigenvalue weighted by molar-refractivity contribution is 5.97. The SMILES string of the molecule is CC(NC(=O)c1nc(C#N)cnc1NCc1ccc(-c2cnc3n[nH]c(N)c3c2)nc1)c1ccc(F)c(F)c1. The number of amides is 1. The highest BCUT2D eigenvalue weighted by Crippen LogP contribution is 2.24. The van der Waals surface area contributed by atoms with Crippen molar-refractivity contribution >= 4 is 28.6 Å². The second-order valence-corrected chi connectivity index (χ2v) is 8.57. The molecule has 13 heteroatoms. The summed E-state index contributed by atoms with van der Waals surface area (Å²) in [5, 5.41) is 22.4. The van der Waals surface area contributed by atoms with E-state index in [4.69, 9.17) is 5.73 Å². The second-order valence-electron chi connectivity index (χ2n) is 8.57. The minimum atomic E-state index is -1.02. The molecule has 0 bridgehead atoms. The number of hydrogen-bond donors (Lipinski definition) is 4. The molecule has 1 atom stereocenters. The summed E-state index contributed by atoms with van der Waals surface area (Å²) in [7, 11) is 0. The normalized spacial score (nSPS) is 11.6. The van der Waals surface area contributed by atoms with Crippen molar-refractivity contribution < 1.29 is 13.6 Å². The quantitative estimate of drug-likeness (QED) is 0.247. The Morgan fingerprint density at radius 1 is 1.10 bits per heavy atom. The van der Waals surface area contributed by atoms with Crippen LogP contribution >= 0.6 is 0 Å². The van der Waals surface area contributed by atoms with E-state index >= 15 is 0 Å². The first-order valence-electron chi connectivity index (χ1n) is 11.6. The van der Waals surface area contributed by atoms with Crippen molar-refractivity contribution in [2.45, 2.75) is 19.5 Å². The van der Waals surface area contributed by atoms with Gasteiger partial charge in [-0.3, -0.25) is 14.9 Å². The summed E-state index contributed by atoms with van der Waals surface area (Å²) in [6.45, 7) is 1.86. The summed E-state index contributed by atoms with van der Waals surface area (Å²) in [4.78, 5) is 30.0. The van der Waals surface area contributed by atoms with Crippen LogP contribution in [-0.4, -0.2) is 36.0 Å². The predicted molar refractivity (Wildman–Crippen MR) is 138 cm³/mol. The van der Waals surface area contributed by atoms with E-state index in [-0.39, 0.29) is 23.8 Å². The molecule has 4 heterocycles. The van der Waals surface area contributed by atoms with Gasteiger partial charge in [0, 0.05) is 24.5 Å². The average Bonchev–Trinajstić information content (AvgIpc) is 3.33. The van der Waals surface area contributed by atoms with Crippen LogP contribution in [0.15, 0.2) is 55.0 Å². The van der Waals surface area contributed by atoms with Crippen LogP contribution in [0.25, 0.3) is 22.3 Å². The Labute approximate surface area is 220 Å². The molecule has 0 saturated carbocycles. The van der Waals surface area contributed by atoms with Gasteiger partial charge in [-0.2, -0.15) is 10.4 Å². The lowest BCUT2D eigenvalue weighted by Gasteiger charge is -2.16. The van der Waals surface area contributed by atoms with Gasteiger partial charge in [-0.25, -0.2) is 23.7 Å². The fraction of sp³-hybridized carbons (Fsp3) is 0.115. The van der Waals surface area contributed by atoms with Crippen LogP contribution in [-0.2, 0) is 6.54 Å². The fourth-order valence-electron chi connectivity index (χ4n) is 3.80. The Hall–Kier alpha value is -5.51. The molecule has 0 spiro atoms. The van der Waals surface area contributed by atoms with E-state index in [9.17, 15) is 18.8 Å². The smallest absolute Gasteiger partial charge is 0.274 e. The number of carbonyl (C=O) groups excluding carboxylic acids is 1. The molecule has 5 N–H and O–H groups in total. The summed E-state index contributed by atoms with van der Waals surface area (Å²) in [5.74, 6) is -2.10. The predicted octanol–water partition coefficient (Wildman–Crippen LogP) is 3.65. The topological polar surface area (TPSA) is 171 Å². The van der Waals surface area contributed by atoms with E-state index in [1.807, 2.05) is 24.3 Å². The Morgan fingerprint density at radius 2 is 1.95 bits per heavy atom. The number of halogens is 2. The molecule has 0 aliphatic carbocycles. The van der Waals surface area contributed by atoms with Gasteiger partial charge < -0.3 is 16.4 Å². The Balaban J connectivity index is 1.31. The van der Waals surface area contributed by atoms with Crippen molar-refractivity contribution in [2.24, 2.45) is 0 Å². The number of hydrogen-bond acceptors (Lipinski definition) is 9. The zero-order valence-electron chi connectivity index (χ0n) is 20.4. The van der Waals surface area contributed by atoms with Crippen LogP contribution in [0, 0.1) is 23.0 Å². The molecular formula is C26H20F2N10O. The average molecular weight is 527 g/mol. The number of carbonyl (C=O) groups is 1. The highest BCUT2D eigenvalue weighted by atomic mass is 19.2. The first-order valence-corrected chi connectivity index (χ1v) is 11.6. The van der Waals surface area contributed by atoms with Gasteiger partial charge in [0.25, 0.3) is 5.91 Å². The minimum Gasteiger partial charge on any atom is -0.384 e. The molecule has 1 aromatic carbocycles. The number of H-pyrrole nitrogens is 1. The molecule has 0 aliphatic heterocycles. The van der Waals surface area contributed by atoms with Crippen LogP contribution in [0.4, 0.5) is 20.4 Å². The zero-order chi connectivity index (χ0) is 27.5. The number of pyridine rings is 2. The number of nitrogens with one attached hydrogen (secondary N) is 3. The van der Waals surface area contributed by atoms with Gasteiger partial charge in [0.1, 0.15) is 11.9 Å². The van der Waals surface area contributed by atoms with E-state index in [0.29, 0.717) is 28.1 Å². The van der Waals surface area contributed by atoms with Crippen LogP contribution in [0.2, 0.25) is 0 Å². The van der Waals surface area contributed by atoms with Gasteiger partial charge >= 0.3 is 0 Å². The summed E-state index contributed by atoms with van der Waals surface area (Å²) in [6.07, 6.45) is 4.55. The van der Waals surface area contributed by atoms with Gasteiger partial charge in [0.05, 0.1) is 23.3 Å². The molecule has 5 aromatic rings. The molecular weight excluding hydrogens is 506 g/mol. The lowest BCUT2D eigenvalue weighted by molar-refractivity contribution is 0.0935. The van der Waals surface area contributed by atoms with E-state index in [1.165, 1.54) is 12.3 Å². The molecule has 5 rings (SSSR count). The molecule has 194 valence electrons. The third-order valence-corrected chi connectivity index (χ3v) is 5.91. The van der Waals surface area contributed by atoms with Crippen molar-refractivity contribution in [2.75, 3.05) is 11.1 Å². The van der Waals surface area contributed by atoms with Crippen LogP contribution in [0.5, 0.6) is 0 Å². The molecule has 0 saturated heterocycles. The van der Waals surface area contributed by atoms with E-state index in [0.717, 1.165) is 23.3 Å². The van der Waals surface area contributed by atoms with Crippen molar-refractivity contribution in [1.29, 1.82) is 5.26 Å². The lowest BCUT2D eigenvalue weighted by Crippen LogP contribution is -2.29. The molecule has 1 amide bonds. The lowest BCUT2D eigenvalue weighted by atomic mass is 10.1. The monoisotopic (exact) mass is 526 g/mol. The van der Waals surface area contributed by atoms with Crippen molar-refractivity contribution in [3.05, 3.63) is 89.1 Å². The molecule has 0 aliphatic rings. The third-order valence-electron chi connectivity index (χ3n) is 5.91. The molecule has 39 heavy (non-hydrogen) atoms. The molecule has 1 unspecified atom stereocenters. The number of nitrogens with zero attached hydrogens (tertiary/aromatic N) is 6. The highest BCUT2D eigenvalue weighted by Gasteiger charge is 2.20. The number of nitrogen functional groups attached to an aromatic ring is 1. The number of nitrogens with two attached hydrogens (primary N) is 1. The Bertz CT molecular complexity index is 1730. The number of anilines is 2. The van der Waals surface area contributed by atoms with E-state index in [2.05, 4.69) is 40.8 Å². The molecule has 4 aromatic heterocycles. The van der Waals surface area contributed by atoms with Crippen molar-refractivity contribution in [3.63, 3.8) is 0 Å². The largest absolute Gasteiger partial charge is 0.384 e. The molecule has 0 fully saturated rings. The van der Waals surface area contributed by atoms with E-state index in [1.54, 1.807) is 19.3 Å². The summed E-state index contributed by atoms with van der Waals surface area (Å²) in [6, 6.07) is 10.1. The number of nitriles is 1. The number of aromatic nitrogens is 6. The van der Waals surface area contributed by atoms with Gasteiger partial charge in [0.15, 0.2) is 34.5 Å². The fourth-order valence-corrected chi connectivity index (χ4v) is 3.80. The minimum absolute atomic E-state index is 0.0546. The summed E-state index contributed by atoms with van der Waals surface area (Å²) >= 11 is 0. The van der Waals surface area contributed by atoms with Gasteiger partial charge in [-0.05, 0) is 42.3 Å². The van der Waals surface area contributed by atoms with Crippen LogP contribution in [0.1, 0.15) is 40.3 Å². The summed E-state index contributed by atoms with van der Waals surface area (Å²) < 4.78 is 26.9. The van der Waals surface area contributed by atoms with E-state index < -0.39 is 23.6 Å². The number of benzene rings is 1. The second kappa shape index (κ2) is 10.5. The zero-order valence-corrected chi connectivity index (χ0v) is 20.4. The number of aromatic amines is 1. The third kappa shape index (κ3) is 5.30.